The molecule has 1 aliphatic heterocycles. The number of methoxy groups -OCH3 is 1. The van der Waals surface area contributed by atoms with Crippen LogP contribution >= 0.6 is 11.3 Å². The zero-order valence-corrected chi connectivity index (χ0v) is 23.5. The molecular formula is C28H32N2O6S2. The van der Waals surface area contributed by atoms with Gasteiger partial charge in [-0.05, 0) is 59.2 Å². The molecule has 2 heterocycles. The van der Waals surface area contributed by atoms with Crippen LogP contribution in [-0.2, 0) is 26.1 Å². The fourth-order valence-electron chi connectivity index (χ4n) is 4.53. The molecule has 0 bridgehead atoms. The minimum atomic E-state index is -3.80. The lowest BCUT2D eigenvalue weighted by Crippen LogP contribution is -2.36. The van der Waals surface area contributed by atoms with Crippen LogP contribution in [0.15, 0.2) is 58.8 Å². The number of benzene rings is 2. The molecule has 1 unspecified atom stereocenters. The van der Waals surface area contributed by atoms with Gasteiger partial charge in [-0.1, -0.05) is 37.3 Å². The number of hydrogen-bond acceptors (Lipinski definition) is 7. The molecule has 1 aromatic heterocycles. The Morgan fingerprint density at radius 2 is 1.95 bits per heavy atom. The second kappa shape index (κ2) is 11.7. The van der Waals surface area contributed by atoms with Crippen molar-refractivity contribution in [1.29, 1.82) is 0 Å². The van der Waals surface area contributed by atoms with Crippen LogP contribution in [0.25, 0.3) is 0 Å². The highest BCUT2D eigenvalue weighted by atomic mass is 32.2. The van der Waals surface area contributed by atoms with E-state index >= 15 is 0 Å². The van der Waals surface area contributed by atoms with Crippen molar-refractivity contribution in [1.82, 2.24) is 9.62 Å². The number of amides is 1. The molecule has 0 aliphatic carbocycles. The number of hydrogen-bond donors (Lipinski definition) is 1. The lowest BCUT2D eigenvalue weighted by molar-refractivity contribution is -0.140. The smallest absolute Gasteiger partial charge is 0.306 e. The number of nitrogens with zero attached hydrogens (tertiary/aromatic N) is 1. The van der Waals surface area contributed by atoms with Crippen molar-refractivity contribution < 1.29 is 27.5 Å². The number of carbonyl (C=O) groups is 2. The van der Waals surface area contributed by atoms with Crippen LogP contribution in [0.1, 0.15) is 57.6 Å². The molecule has 202 valence electrons. The summed E-state index contributed by atoms with van der Waals surface area (Å²) in [7, 11) is -0.885. The first-order valence-electron chi connectivity index (χ1n) is 12.4. The van der Waals surface area contributed by atoms with Crippen molar-refractivity contribution in [3.63, 3.8) is 0 Å². The molecule has 0 saturated carbocycles. The minimum Gasteiger partial charge on any atom is -0.488 e. The average Bonchev–Trinajstić information content (AvgIpc) is 3.37. The van der Waals surface area contributed by atoms with E-state index in [4.69, 9.17) is 9.47 Å². The van der Waals surface area contributed by atoms with Gasteiger partial charge in [-0.15, -0.1) is 11.3 Å². The number of ether oxygens (including phenoxy) is 2. The summed E-state index contributed by atoms with van der Waals surface area (Å²) in [5.41, 5.74) is 3.43. The van der Waals surface area contributed by atoms with Gasteiger partial charge in [0, 0.05) is 19.5 Å². The van der Waals surface area contributed by atoms with Crippen molar-refractivity contribution >= 4 is 33.2 Å². The fourth-order valence-corrected chi connectivity index (χ4v) is 7.01. The number of thiophene rings is 1. The lowest BCUT2D eigenvalue weighted by Gasteiger charge is -2.24. The van der Waals surface area contributed by atoms with E-state index in [1.807, 2.05) is 37.4 Å². The van der Waals surface area contributed by atoms with Crippen molar-refractivity contribution in [2.24, 2.45) is 0 Å². The highest BCUT2D eigenvalue weighted by Gasteiger charge is 2.34. The standard InChI is InChI=1S/C28H32N2O6S2/c1-5-22-16-30(38(33,34)26-9-7-6-8-24(26)36-22)15-20-12-19(11-10-18(20)2)23(14-27(31)35-4)21-13-25(37-17-21)28(32)29-3/h6-13,17,22-23H,5,14-16H2,1-4H3,(H,29,32)/t22-,23?/m1/s1. The van der Waals surface area contributed by atoms with E-state index < -0.39 is 10.0 Å². The quantitative estimate of drug-likeness (QED) is 0.411. The molecule has 0 radical (unpaired) electrons. The summed E-state index contributed by atoms with van der Waals surface area (Å²) in [6.07, 6.45) is 0.467. The summed E-state index contributed by atoms with van der Waals surface area (Å²) in [6, 6.07) is 14.3. The first-order chi connectivity index (χ1) is 18.2. The third kappa shape index (κ3) is 5.77. The molecule has 1 aliphatic rings. The summed E-state index contributed by atoms with van der Waals surface area (Å²) in [5.74, 6) is -0.555. The van der Waals surface area contributed by atoms with E-state index in [9.17, 15) is 18.0 Å². The monoisotopic (exact) mass is 556 g/mol. The van der Waals surface area contributed by atoms with Gasteiger partial charge in [0.05, 0.1) is 25.0 Å². The number of carbonyl (C=O) groups excluding carboxylic acids is 2. The van der Waals surface area contributed by atoms with Crippen molar-refractivity contribution in [2.45, 2.75) is 50.2 Å². The van der Waals surface area contributed by atoms with Crippen LogP contribution in [0.4, 0.5) is 0 Å². The maximum absolute atomic E-state index is 13.7. The molecule has 10 heteroatoms. The topological polar surface area (TPSA) is 102 Å². The van der Waals surface area contributed by atoms with E-state index in [2.05, 4.69) is 5.32 Å². The molecule has 4 rings (SSSR count). The molecule has 3 aromatic rings. The molecule has 0 saturated heterocycles. The second-order valence-electron chi connectivity index (χ2n) is 9.23. The number of fused-ring (bicyclic) bond motifs is 1. The van der Waals surface area contributed by atoms with Gasteiger partial charge in [0.25, 0.3) is 5.91 Å². The van der Waals surface area contributed by atoms with E-state index in [1.165, 1.54) is 22.8 Å². The minimum absolute atomic E-state index is 0.0874. The molecule has 0 spiro atoms. The zero-order valence-electron chi connectivity index (χ0n) is 21.9. The van der Waals surface area contributed by atoms with Crippen LogP contribution in [0, 0.1) is 6.92 Å². The Morgan fingerprint density at radius 1 is 1.18 bits per heavy atom. The van der Waals surface area contributed by atoms with E-state index in [1.54, 1.807) is 37.4 Å². The van der Waals surface area contributed by atoms with Crippen molar-refractivity contribution in [3.05, 3.63) is 81.0 Å². The van der Waals surface area contributed by atoms with Gasteiger partial charge in [-0.3, -0.25) is 9.59 Å². The molecule has 1 N–H and O–H groups in total. The maximum atomic E-state index is 13.7. The van der Waals surface area contributed by atoms with Crippen LogP contribution < -0.4 is 10.1 Å². The van der Waals surface area contributed by atoms with E-state index in [-0.39, 0.29) is 48.3 Å². The summed E-state index contributed by atoms with van der Waals surface area (Å²) < 4.78 is 39.8. The normalized spacial score (nSPS) is 17.5. The number of rotatable bonds is 8. The van der Waals surface area contributed by atoms with Gasteiger partial charge in [-0.2, -0.15) is 4.31 Å². The van der Waals surface area contributed by atoms with Gasteiger partial charge < -0.3 is 14.8 Å². The number of esters is 1. The third-order valence-electron chi connectivity index (χ3n) is 6.82. The molecule has 38 heavy (non-hydrogen) atoms. The fraction of sp³-hybridized carbons (Fsp3) is 0.357. The largest absolute Gasteiger partial charge is 0.488 e. The van der Waals surface area contributed by atoms with Gasteiger partial charge in [0.2, 0.25) is 10.0 Å². The lowest BCUT2D eigenvalue weighted by atomic mass is 9.88. The Balaban J connectivity index is 1.72. The maximum Gasteiger partial charge on any atom is 0.306 e. The second-order valence-corrected chi connectivity index (χ2v) is 12.1. The highest BCUT2D eigenvalue weighted by Crippen LogP contribution is 2.35. The summed E-state index contributed by atoms with van der Waals surface area (Å²) in [5, 5.41) is 4.49. The molecule has 0 fully saturated rings. The van der Waals surface area contributed by atoms with Crippen LogP contribution in [0.5, 0.6) is 5.75 Å². The van der Waals surface area contributed by atoms with Crippen LogP contribution in [-0.4, -0.2) is 51.4 Å². The Labute approximate surface area is 227 Å². The predicted octanol–water partition coefficient (Wildman–Crippen LogP) is 4.47. The summed E-state index contributed by atoms with van der Waals surface area (Å²) in [6.45, 7) is 4.30. The van der Waals surface area contributed by atoms with Gasteiger partial charge in [0.1, 0.15) is 16.7 Å². The first kappa shape index (κ1) is 27.8. The Kier molecular flexibility index (Phi) is 8.54. The van der Waals surface area contributed by atoms with Gasteiger partial charge >= 0.3 is 5.97 Å². The molecular weight excluding hydrogens is 524 g/mol. The molecule has 2 aromatic carbocycles. The predicted molar refractivity (Wildman–Crippen MR) is 146 cm³/mol. The summed E-state index contributed by atoms with van der Waals surface area (Å²) in [4.78, 5) is 25.2. The first-order valence-corrected chi connectivity index (χ1v) is 14.7. The van der Waals surface area contributed by atoms with Crippen molar-refractivity contribution in [3.8, 4) is 5.75 Å². The molecule has 8 nitrogen and oxygen atoms in total. The van der Waals surface area contributed by atoms with Crippen molar-refractivity contribution in [2.75, 3.05) is 20.7 Å². The number of nitrogens with one attached hydrogen (secondary N) is 1. The highest BCUT2D eigenvalue weighted by molar-refractivity contribution is 7.89. The molecule has 1 amide bonds. The SMILES string of the molecule is CC[C@@H]1CN(Cc2cc(C(CC(=O)OC)c3csc(C(=O)NC)c3)ccc2C)S(=O)(=O)c2ccccc2O1. The summed E-state index contributed by atoms with van der Waals surface area (Å²) >= 11 is 1.31. The molecule has 2 atom stereocenters. The zero-order chi connectivity index (χ0) is 27.4. The Morgan fingerprint density at radius 3 is 2.66 bits per heavy atom. The average molecular weight is 557 g/mol. The van der Waals surface area contributed by atoms with E-state index in [0.717, 1.165) is 22.3 Å². The number of para-hydroxylation sites is 1. The van der Waals surface area contributed by atoms with E-state index in [0.29, 0.717) is 17.0 Å². The third-order valence-corrected chi connectivity index (χ3v) is 9.62. The van der Waals surface area contributed by atoms with Gasteiger partial charge in [0.15, 0.2) is 0 Å². The number of sulfonamides is 1. The van der Waals surface area contributed by atoms with Crippen LogP contribution in [0.2, 0.25) is 0 Å². The van der Waals surface area contributed by atoms with Gasteiger partial charge in [-0.25, -0.2) is 8.42 Å². The Hall–Kier alpha value is -3.21. The van der Waals surface area contributed by atoms with Crippen LogP contribution in [0.3, 0.4) is 0 Å². The number of aryl methyl sites for hydroxylation is 1. The Bertz CT molecular complexity index is 1430.